The van der Waals surface area contributed by atoms with Crippen molar-refractivity contribution in [3.05, 3.63) is 53.6 Å². The van der Waals surface area contributed by atoms with Gasteiger partial charge in [-0.2, -0.15) is 0 Å². The third-order valence-electron chi connectivity index (χ3n) is 2.87. The van der Waals surface area contributed by atoms with Crippen molar-refractivity contribution < 1.29 is 4.74 Å². The van der Waals surface area contributed by atoms with Crippen molar-refractivity contribution in [1.29, 1.82) is 0 Å². The molecule has 3 heteroatoms. The Morgan fingerprint density at radius 3 is 2.59 bits per heavy atom. The van der Waals surface area contributed by atoms with Crippen LogP contribution in [-0.2, 0) is 0 Å². The Balaban J connectivity index is 2.03. The van der Waals surface area contributed by atoms with E-state index in [-0.39, 0.29) is 0 Å². The van der Waals surface area contributed by atoms with Gasteiger partial charge in [0.2, 0.25) is 0 Å². The van der Waals surface area contributed by atoms with Gasteiger partial charge in [0.15, 0.2) is 0 Å². The first-order valence-electron chi connectivity index (χ1n) is 5.59. The highest BCUT2D eigenvalue weighted by molar-refractivity contribution is 6.30. The summed E-state index contributed by atoms with van der Waals surface area (Å²) in [6.45, 7) is 1.57. The van der Waals surface area contributed by atoms with E-state index in [0.717, 1.165) is 28.7 Å². The largest absolute Gasteiger partial charge is 0.490 e. The lowest BCUT2D eigenvalue weighted by Crippen LogP contribution is -2.28. The maximum Gasteiger partial charge on any atom is 0.143 e. The number of fused-ring (bicyclic) bond motifs is 1. The van der Waals surface area contributed by atoms with E-state index in [9.17, 15) is 0 Å². The number of para-hydroxylation sites is 2. The Hall–Kier alpha value is -1.67. The summed E-state index contributed by atoms with van der Waals surface area (Å²) >= 11 is 5.91. The van der Waals surface area contributed by atoms with Crippen LogP contribution in [0.3, 0.4) is 0 Å². The lowest BCUT2D eigenvalue weighted by atomic mass is 10.2. The predicted octanol–water partition coefficient (Wildman–Crippen LogP) is 3.87. The Kier molecular flexibility index (Phi) is 2.65. The zero-order valence-corrected chi connectivity index (χ0v) is 10.0. The molecular weight excluding hydrogens is 234 g/mol. The van der Waals surface area contributed by atoms with Crippen LogP contribution in [0, 0.1) is 0 Å². The summed E-state index contributed by atoms with van der Waals surface area (Å²) in [5, 5.41) is 0.760. The predicted molar refractivity (Wildman–Crippen MR) is 70.4 cm³/mol. The summed E-state index contributed by atoms with van der Waals surface area (Å²) in [6, 6.07) is 16.0. The van der Waals surface area contributed by atoms with Gasteiger partial charge in [-0.15, -0.1) is 0 Å². The molecule has 1 heterocycles. The number of benzene rings is 2. The monoisotopic (exact) mass is 245 g/mol. The van der Waals surface area contributed by atoms with Crippen LogP contribution in [0.5, 0.6) is 5.75 Å². The lowest BCUT2D eigenvalue weighted by Gasteiger charge is -2.31. The molecule has 86 valence electrons. The number of nitrogens with zero attached hydrogens (tertiary/aromatic N) is 1. The number of ether oxygens (including phenoxy) is 1. The molecule has 0 amide bonds. The molecule has 0 aliphatic carbocycles. The second-order valence-corrected chi connectivity index (χ2v) is 4.38. The highest BCUT2D eigenvalue weighted by atomic mass is 35.5. The van der Waals surface area contributed by atoms with Crippen molar-refractivity contribution in [2.75, 3.05) is 18.1 Å². The van der Waals surface area contributed by atoms with Crippen molar-refractivity contribution in [3.8, 4) is 5.75 Å². The fraction of sp³-hybridized carbons (Fsp3) is 0.143. The molecule has 0 spiro atoms. The van der Waals surface area contributed by atoms with Crippen molar-refractivity contribution in [2.45, 2.75) is 0 Å². The van der Waals surface area contributed by atoms with Crippen LogP contribution in [0.2, 0.25) is 5.02 Å². The summed E-state index contributed by atoms with van der Waals surface area (Å²) in [5.74, 6) is 0.939. The van der Waals surface area contributed by atoms with E-state index in [1.807, 2.05) is 42.5 Å². The molecule has 2 aromatic rings. The first-order chi connectivity index (χ1) is 8.34. The summed E-state index contributed by atoms with van der Waals surface area (Å²) in [6.07, 6.45) is 0. The minimum atomic E-state index is 0.708. The Labute approximate surface area is 105 Å². The molecular formula is C14H12ClNO. The summed E-state index contributed by atoms with van der Waals surface area (Å²) in [4.78, 5) is 2.25. The number of rotatable bonds is 1. The van der Waals surface area contributed by atoms with Gasteiger partial charge in [-0.05, 0) is 36.4 Å². The van der Waals surface area contributed by atoms with E-state index >= 15 is 0 Å². The van der Waals surface area contributed by atoms with Gasteiger partial charge < -0.3 is 9.64 Å². The molecule has 0 saturated carbocycles. The normalized spacial score (nSPS) is 14.1. The molecule has 0 radical (unpaired) electrons. The van der Waals surface area contributed by atoms with Crippen LogP contribution in [0.4, 0.5) is 11.4 Å². The smallest absolute Gasteiger partial charge is 0.143 e. The molecule has 1 aliphatic heterocycles. The fourth-order valence-corrected chi connectivity index (χ4v) is 2.18. The number of hydrogen-bond donors (Lipinski definition) is 0. The van der Waals surface area contributed by atoms with Crippen LogP contribution < -0.4 is 9.64 Å². The molecule has 0 atom stereocenters. The Morgan fingerprint density at radius 1 is 1.00 bits per heavy atom. The fourth-order valence-electron chi connectivity index (χ4n) is 2.06. The standard InChI is InChI=1S/C14H12ClNO/c15-11-5-7-12(8-6-11)16-9-10-17-14-4-2-1-3-13(14)16/h1-8H,9-10H2. The first-order valence-corrected chi connectivity index (χ1v) is 5.97. The van der Waals surface area contributed by atoms with Gasteiger partial charge in [0.1, 0.15) is 12.4 Å². The SMILES string of the molecule is Clc1ccc(N2CCOc3ccccc32)cc1. The summed E-state index contributed by atoms with van der Waals surface area (Å²) in [7, 11) is 0. The Morgan fingerprint density at radius 2 is 1.76 bits per heavy atom. The zero-order chi connectivity index (χ0) is 11.7. The first kappa shape index (κ1) is 10.5. The van der Waals surface area contributed by atoms with Crippen LogP contribution in [0.25, 0.3) is 0 Å². The lowest BCUT2D eigenvalue weighted by molar-refractivity contribution is 0.314. The third kappa shape index (κ3) is 1.96. The molecule has 17 heavy (non-hydrogen) atoms. The molecule has 0 unspecified atom stereocenters. The number of halogens is 1. The quantitative estimate of drug-likeness (QED) is 0.756. The van der Waals surface area contributed by atoms with Gasteiger partial charge in [-0.25, -0.2) is 0 Å². The maximum absolute atomic E-state index is 5.91. The van der Waals surface area contributed by atoms with Crippen molar-refractivity contribution in [1.82, 2.24) is 0 Å². The Bertz CT molecular complexity index is 524. The molecule has 1 aliphatic rings. The maximum atomic E-state index is 5.91. The van der Waals surface area contributed by atoms with Gasteiger partial charge in [0.05, 0.1) is 12.2 Å². The second-order valence-electron chi connectivity index (χ2n) is 3.94. The van der Waals surface area contributed by atoms with Crippen LogP contribution >= 0.6 is 11.6 Å². The number of anilines is 2. The van der Waals surface area contributed by atoms with E-state index in [1.54, 1.807) is 0 Å². The molecule has 2 nitrogen and oxygen atoms in total. The van der Waals surface area contributed by atoms with Gasteiger partial charge in [0, 0.05) is 10.7 Å². The van der Waals surface area contributed by atoms with Gasteiger partial charge in [0.25, 0.3) is 0 Å². The van der Waals surface area contributed by atoms with Crippen LogP contribution in [0.1, 0.15) is 0 Å². The van der Waals surface area contributed by atoms with E-state index in [0.29, 0.717) is 6.61 Å². The summed E-state index contributed by atoms with van der Waals surface area (Å²) < 4.78 is 5.63. The minimum absolute atomic E-state index is 0.708. The topological polar surface area (TPSA) is 12.5 Å². The molecule has 0 fully saturated rings. The van der Waals surface area contributed by atoms with Crippen molar-refractivity contribution >= 4 is 23.0 Å². The zero-order valence-electron chi connectivity index (χ0n) is 9.27. The van der Waals surface area contributed by atoms with Crippen LogP contribution in [0.15, 0.2) is 48.5 Å². The molecule has 3 rings (SSSR count). The van der Waals surface area contributed by atoms with E-state index in [4.69, 9.17) is 16.3 Å². The minimum Gasteiger partial charge on any atom is -0.490 e. The molecule has 2 aromatic carbocycles. The van der Waals surface area contributed by atoms with E-state index in [1.165, 1.54) is 0 Å². The van der Waals surface area contributed by atoms with E-state index in [2.05, 4.69) is 11.0 Å². The summed E-state index contributed by atoms with van der Waals surface area (Å²) in [5.41, 5.74) is 2.26. The van der Waals surface area contributed by atoms with Crippen LogP contribution in [-0.4, -0.2) is 13.2 Å². The van der Waals surface area contributed by atoms with Gasteiger partial charge in [-0.3, -0.25) is 0 Å². The average Bonchev–Trinajstić information content (AvgIpc) is 2.39. The molecule has 0 N–H and O–H groups in total. The molecule has 0 aromatic heterocycles. The van der Waals surface area contributed by atoms with Crippen molar-refractivity contribution in [2.24, 2.45) is 0 Å². The average molecular weight is 246 g/mol. The van der Waals surface area contributed by atoms with Gasteiger partial charge in [-0.1, -0.05) is 23.7 Å². The highest BCUT2D eigenvalue weighted by Gasteiger charge is 2.18. The third-order valence-corrected chi connectivity index (χ3v) is 3.12. The van der Waals surface area contributed by atoms with Gasteiger partial charge >= 0.3 is 0 Å². The second kappa shape index (κ2) is 4.30. The highest BCUT2D eigenvalue weighted by Crippen LogP contribution is 2.36. The van der Waals surface area contributed by atoms with E-state index < -0.39 is 0 Å². The molecule has 0 bridgehead atoms. The molecule has 0 saturated heterocycles. The van der Waals surface area contributed by atoms with Crippen molar-refractivity contribution in [3.63, 3.8) is 0 Å². The number of hydrogen-bond acceptors (Lipinski definition) is 2.